The number of rotatable bonds is 4. The Balaban J connectivity index is 1.72. The van der Waals surface area contributed by atoms with Gasteiger partial charge in [0.05, 0.1) is 29.9 Å². The van der Waals surface area contributed by atoms with Crippen molar-refractivity contribution in [3.63, 3.8) is 0 Å². The van der Waals surface area contributed by atoms with E-state index in [1.165, 1.54) is 12.1 Å². The zero-order valence-electron chi connectivity index (χ0n) is 11.2. The van der Waals surface area contributed by atoms with Crippen molar-refractivity contribution in [3.8, 4) is 0 Å². The lowest BCUT2D eigenvalue weighted by atomic mass is 10.0. The first-order valence-electron chi connectivity index (χ1n) is 6.81. The second-order valence-electron chi connectivity index (χ2n) is 5.37. The molecular formula is C15H15F3N2O. The first-order valence-corrected chi connectivity index (χ1v) is 6.81. The molecule has 6 heteroatoms. The van der Waals surface area contributed by atoms with Gasteiger partial charge in [-0.2, -0.15) is 13.2 Å². The highest BCUT2D eigenvalue weighted by Crippen LogP contribution is 2.37. The number of imidazole rings is 1. The highest BCUT2D eigenvalue weighted by Gasteiger charge is 2.30. The molecule has 3 nitrogen and oxygen atoms in total. The number of halogens is 3. The van der Waals surface area contributed by atoms with Gasteiger partial charge < -0.3 is 9.67 Å². The number of nitrogens with zero attached hydrogens (tertiary/aromatic N) is 2. The standard InChI is InChI=1S/C15H15F3N2O/c16-15(17,18)11-3-1-10(2-4-11)7-14(21)13-8-19-9-20(13)12-5-6-12/h1-4,8-9,12,14,21H,5-7H2. The Hall–Kier alpha value is -1.82. The van der Waals surface area contributed by atoms with Gasteiger partial charge in [0, 0.05) is 12.5 Å². The number of aromatic nitrogens is 2. The van der Waals surface area contributed by atoms with Gasteiger partial charge in [-0.15, -0.1) is 0 Å². The SMILES string of the molecule is OC(Cc1ccc(C(F)(F)F)cc1)c1cncn1C1CC1. The normalized spacial score (nSPS) is 17.0. The van der Waals surface area contributed by atoms with Crippen LogP contribution in [0.2, 0.25) is 0 Å². The van der Waals surface area contributed by atoms with E-state index in [9.17, 15) is 18.3 Å². The maximum atomic E-state index is 12.5. The average molecular weight is 296 g/mol. The number of aliphatic hydroxyl groups is 1. The molecule has 1 atom stereocenters. The average Bonchev–Trinajstić information content (AvgIpc) is 3.15. The van der Waals surface area contributed by atoms with Crippen LogP contribution >= 0.6 is 0 Å². The molecule has 1 aliphatic rings. The molecule has 1 heterocycles. The van der Waals surface area contributed by atoms with Crippen LogP contribution in [0.15, 0.2) is 36.8 Å². The maximum Gasteiger partial charge on any atom is 0.416 e. The van der Waals surface area contributed by atoms with E-state index < -0.39 is 17.8 Å². The second-order valence-corrected chi connectivity index (χ2v) is 5.37. The van der Waals surface area contributed by atoms with Gasteiger partial charge in [0.2, 0.25) is 0 Å². The van der Waals surface area contributed by atoms with Crippen LogP contribution < -0.4 is 0 Å². The Bertz CT molecular complexity index is 615. The summed E-state index contributed by atoms with van der Waals surface area (Å²) in [4.78, 5) is 4.05. The van der Waals surface area contributed by atoms with Gasteiger partial charge in [0.1, 0.15) is 0 Å². The van der Waals surface area contributed by atoms with E-state index in [1.54, 1.807) is 12.5 Å². The molecule has 3 rings (SSSR count). The van der Waals surface area contributed by atoms with Crippen LogP contribution in [-0.2, 0) is 12.6 Å². The number of hydrogen-bond acceptors (Lipinski definition) is 2. The van der Waals surface area contributed by atoms with Crippen molar-refractivity contribution in [1.82, 2.24) is 9.55 Å². The topological polar surface area (TPSA) is 38.1 Å². The van der Waals surface area contributed by atoms with E-state index in [0.29, 0.717) is 11.6 Å². The number of hydrogen-bond donors (Lipinski definition) is 1. The minimum absolute atomic E-state index is 0.274. The summed E-state index contributed by atoms with van der Waals surface area (Å²) < 4.78 is 39.4. The predicted octanol–water partition coefficient (Wildman–Crippen LogP) is 3.51. The Kier molecular flexibility index (Phi) is 3.49. The molecule has 1 aliphatic carbocycles. The molecule has 0 amide bonds. The van der Waals surface area contributed by atoms with Gasteiger partial charge in [0.15, 0.2) is 0 Å². The third-order valence-electron chi connectivity index (χ3n) is 3.69. The van der Waals surface area contributed by atoms with Crippen molar-refractivity contribution in [3.05, 3.63) is 53.6 Å². The number of aliphatic hydroxyl groups excluding tert-OH is 1. The summed E-state index contributed by atoms with van der Waals surface area (Å²) in [5.74, 6) is 0. The molecule has 1 unspecified atom stereocenters. The van der Waals surface area contributed by atoms with Crippen molar-refractivity contribution in [2.75, 3.05) is 0 Å². The monoisotopic (exact) mass is 296 g/mol. The lowest BCUT2D eigenvalue weighted by molar-refractivity contribution is -0.137. The van der Waals surface area contributed by atoms with Gasteiger partial charge in [-0.05, 0) is 30.5 Å². The maximum absolute atomic E-state index is 12.5. The van der Waals surface area contributed by atoms with Crippen LogP contribution in [0.5, 0.6) is 0 Å². The van der Waals surface area contributed by atoms with E-state index in [1.807, 2.05) is 4.57 Å². The Morgan fingerprint density at radius 1 is 1.24 bits per heavy atom. The third-order valence-corrected chi connectivity index (χ3v) is 3.69. The highest BCUT2D eigenvalue weighted by molar-refractivity contribution is 5.26. The largest absolute Gasteiger partial charge is 0.416 e. The van der Waals surface area contributed by atoms with Crippen molar-refractivity contribution in [2.24, 2.45) is 0 Å². The fraction of sp³-hybridized carbons (Fsp3) is 0.400. The summed E-state index contributed by atoms with van der Waals surface area (Å²) in [5, 5.41) is 10.3. The molecule has 0 aliphatic heterocycles. The Morgan fingerprint density at radius 2 is 1.90 bits per heavy atom. The summed E-state index contributed by atoms with van der Waals surface area (Å²) in [7, 11) is 0. The Morgan fingerprint density at radius 3 is 2.48 bits per heavy atom. The molecule has 1 saturated carbocycles. The molecule has 1 aromatic carbocycles. The molecule has 0 bridgehead atoms. The Labute approximate surface area is 120 Å². The van der Waals surface area contributed by atoms with E-state index in [4.69, 9.17) is 0 Å². The molecule has 0 spiro atoms. The fourth-order valence-corrected chi connectivity index (χ4v) is 2.39. The van der Waals surface area contributed by atoms with Crippen molar-refractivity contribution < 1.29 is 18.3 Å². The van der Waals surface area contributed by atoms with E-state index >= 15 is 0 Å². The van der Waals surface area contributed by atoms with Gasteiger partial charge in [-0.3, -0.25) is 0 Å². The second kappa shape index (κ2) is 5.18. The summed E-state index contributed by atoms with van der Waals surface area (Å²) in [5.41, 5.74) is 0.709. The summed E-state index contributed by atoms with van der Waals surface area (Å²) in [6, 6.07) is 5.30. The van der Waals surface area contributed by atoms with Gasteiger partial charge >= 0.3 is 6.18 Å². The lowest BCUT2D eigenvalue weighted by Crippen LogP contribution is -2.09. The van der Waals surface area contributed by atoms with Crippen LogP contribution in [-0.4, -0.2) is 14.7 Å². The van der Waals surface area contributed by atoms with Crippen LogP contribution in [0.4, 0.5) is 13.2 Å². The molecule has 112 valence electrons. The molecular weight excluding hydrogens is 281 g/mol. The smallest absolute Gasteiger partial charge is 0.386 e. The van der Waals surface area contributed by atoms with E-state index in [2.05, 4.69) is 4.98 Å². The predicted molar refractivity (Wildman–Crippen MR) is 70.6 cm³/mol. The summed E-state index contributed by atoms with van der Waals surface area (Å²) in [6.07, 6.45) is 0.658. The molecule has 1 aromatic heterocycles. The van der Waals surface area contributed by atoms with E-state index in [0.717, 1.165) is 30.7 Å². The fourth-order valence-electron chi connectivity index (χ4n) is 2.39. The molecule has 0 radical (unpaired) electrons. The summed E-state index contributed by atoms with van der Waals surface area (Å²) >= 11 is 0. The van der Waals surface area contributed by atoms with Crippen molar-refractivity contribution in [1.29, 1.82) is 0 Å². The van der Waals surface area contributed by atoms with Gasteiger partial charge in [-0.1, -0.05) is 12.1 Å². The zero-order valence-corrected chi connectivity index (χ0v) is 11.2. The van der Waals surface area contributed by atoms with Crippen LogP contribution in [0, 0.1) is 0 Å². The van der Waals surface area contributed by atoms with Crippen molar-refractivity contribution in [2.45, 2.75) is 37.6 Å². The minimum atomic E-state index is -4.33. The van der Waals surface area contributed by atoms with E-state index in [-0.39, 0.29) is 6.42 Å². The third kappa shape index (κ3) is 3.10. The minimum Gasteiger partial charge on any atom is -0.386 e. The zero-order chi connectivity index (χ0) is 15.0. The molecule has 21 heavy (non-hydrogen) atoms. The van der Waals surface area contributed by atoms with Crippen LogP contribution in [0.25, 0.3) is 0 Å². The lowest BCUT2D eigenvalue weighted by Gasteiger charge is -2.14. The first-order chi connectivity index (χ1) is 9.95. The number of benzene rings is 1. The molecule has 1 fully saturated rings. The first kappa shape index (κ1) is 14.1. The highest BCUT2D eigenvalue weighted by atomic mass is 19.4. The van der Waals surface area contributed by atoms with Gasteiger partial charge in [-0.25, -0.2) is 4.98 Å². The van der Waals surface area contributed by atoms with Crippen LogP contribution in [0.3, 0.4) is 0 Å². The summed E-state index contributed by atoms with van der Waals surface area (Å²) in [6.45, 7) is 0. The van der Waals surface area contributed by atoms with Crippen molar-refractivity contribution >= 4 is 0 Å². The quantitative estimate of drug-likeness (QED) is 0.937. The van der Waals surface area contributed by atoms with Crippen LogP contribution in [0.1, 0.15) is 41.8 Å². The molecule has 0 saturated heterocycles. The van der Waals surface area contributed by atoms with Gasteiger partial charge in [0.25, 0.3) is 0 Å². The molecule has 1 N–H and O–H groups in total. The molecule has 2 aromatic rings. The number of alkyl halides is 3.